The van der Waals surface area contributed by atoms with E-state index in [1.54, 1.807) is 0 Å². The molecule has 2 fully saturated rings. The van der Waals surface area contributed by atoms with E-state index in [0.29, 0.717) is 12.4 Å². The predicted octanol–water partition coefficient (Wildman–Crippen LogP) is 1.88. The number of carbonyl (C=O) groups is 1. The van der Waals surface area contributed by atoms with Crippen LogP contribution in [-0.4, -0.2) is 12.1 Å². The van der Waals surface area contributed by atoms with Crippen LogP contribution in [0.2, 0.25) is 0 Å². The molecule has 2 aliphatic carbocycles. The lowest BCUT2D eigenvalue weighted by molar-refractivity contribution is -0.175. The van der Waals surface area contributed by atoms with Crippen LogP contribution in [-0.2, 0) is 9.53 Å². The molecule has 11 heavy (non-hydrogen) atoms. The van der Waals surface area contributed by atoms with Gasteiger partial charge in [-0.15, -0.1) is 0 Å². The molecule has 2 atom stereocenters. The molecule has 2 saturated carbocycles. The summed E-state index contributed by atoms with van der Waals surface area (Å²) in [4.78, 5) is 10.2. The van der Waals surface area contributed by atoms with E-state index >= 15 is 0 Å². The fourth-order valence-electron chi connectivity index (χ4n) is 2.53. The van der Waals surface area contributed by atoms with Crippen molar-refractivity contribution >= 4 is 6.47 Å². The zero-order chi connectivity index (χ0) is 7.73. The molecule has 0 amide bonds. The summed E-state index contributed by atoms with van der Waals surface area (Å²) in [6, 6.07) is 0. The van der Waals surface area contributed by atoms with Gasteiger partial charge >= 0.3 is 0 Å². The summed E-state index contributed by atoms with van der Waals surface area (Å²) in [5.41, 5.74) is 0.000000000000000444. The Morgan fingerprint density at radius 1 is 1.27 bits per heavy atom. The van der Waals surface area contributed by atoms with Crippen LogP contribution in [0.15, 0.2) is 0 Å². The molecule has 0 aromatic heterocycles. The quantitative estimate of drug-likeness (QED) is 0.568. The minimum absolute atomic E-state index is 0.000000000000000444. The van der Waals surface area contributed by atoms with Gasteiger partial charge < -0.3 is 4.74 Å². The molecule has 0 saturated heterocycles. The SMILES string of the molecule is O=COC12CCCCC1CC2. The van der Waals surface area contributed by atoms with Crippen molar-refractivity contribution in [3.8, 4) is 0 Å². The highest BCUT2D eigenvalue weighted by Crippen LogP contribution is 2.50. The number of fused-ring (bicyclic) bond motifs is 1. The molecule has 2 unspecified atom stereocenters. The van der Waals surface area contributed by atoms with Gasteiger partial charge in [-0.2, -0.15) is 0 Å². The minimum Gasteiger partial charge on any atom is -0.461 e. The summed E-state index contributed by atoms with van der Waals surface area (Å²) in [5.74, 6) is 0.696. The molecule has 0 aromatic rings. The largest absolute Gasteiger partial charge is 0.461 e. The van der Waals surface area contributed by atoms with Crippen LogP contribution in [0.25, 0.3) is 0 Å². The van der Waals surface area contributed by atoms with Gasteiger partial charge in [0.1, 0.15) is 5.60 Å². The van der Waals surface area contributed by atoms with Crippen LogP contribution in [0.3, 0.4) is 0 Å². The second-order valence-electron chi connectivity index (χ2n) is 3.76. The third-order valence-electron chi connectivity index (χ3n) is 3.35. The predicted molar refractivity (Wildman–Crippen MR) is 41.1 cm³/mol. The fourth-order valence-corrected chi connectivity index (χ4v) is 2.53. The highest BCUT2D eigenvalue weighted by Gasteiger charge is 2.49. The normalized spacial score (nSPS) is 42.0. The number of hydrogen-bond acceptors (Lipinski definition) is 2. The van der Waals surface area contributed by atoms with Crippen molar-refractivity contribution in [2.24, 2.45) is 5.92 Å². The Morgan fingerprint density at radius 3 is 2.73 bits per heavy atom. The van der Waals surface area contributed by atoms with Gasteiger partial charge in [-0.25, -0.2) is 0 Å². The van der Waals surface area contributed by atoms with Gasteiger partial charge in [0.25, 0.3) is 6.47 Å². The summed E-state index contributed by atoms with van der Waals surface area (Å²) in [5, 5.41) is 0. The smallest absolute Gasteiger partial charge is 0.293 e. The van der Waals surface area contributed by atoms with Crippen LogP contribution >= 0.6 is 0 Å². The van der Waals surface area contributed by atoms with Crippen molar-refractivity contribution in [1.82, 2.24) is 0 Å². The van der Waals surface area contributed by atoms with Crippen molar-refractivity contribution < 1.29 is 9.53 Å². The number of carbonyl (C=O) groups excluding carboxylic acids is 1. The first-order chi connectivity index (χ1) is 5.37. The van der Waals surface area contributed by atoms with Gasteiger partial charge in [0.05, 0.1) is 0 Å². The molecular formula is C9H14O2. The van der Waals surface area contributed by atoms with Crippen molar-refractivity contribution in [3.05, 3.63) is 0 Å². The maximum Gasteiger partial charge on any atom is 0.293 e. The molecule has 62 valence electrons. The number of hydrogen-bond donors (Lipinski definition) is 0. The van der Waals surface area contributed by atoms with E-state index in [4.69, 9.17) is 4.74 Å². The molecule has 0 aromatic carbocycles. The lowest BCUT2D eigenvalue weighted by Crippen LogP contribution is -2.51. The summed E-state index contributed by atoms with van der Waals surface area (Å²) in [6.07, 6.45) is 7.33. The van der Waals surface area contributed by atoms with Crippen molar-refractivity contribution in [2.45, 2.75) is 44.1 Å². The monoisotopic (exact) mass is 154 g/mol. The first kappa shape index (κ1) is 7.14. The van der Waals surface area contributed by atoms with E-state index in [2.05, 4.69) is 0 Å². The van der Waals surface area contributed by atoms with Crippen LogP contribution in [0.1, 0.15) is 38.5 Å². The van der Waals surface area contributed by atoms with Gasteiger partial charge in [-0.05, 0) is 38.0 Å². The molecule has 0 spiro atoms. The Kier molecular flexibility index (Phi) is 1.63. The summed E-state index contributed by atoms with van der Waals surface area (Å²) in [6.45, 7) is 0.636. The third-order valence-corrected chi connectivity index (χ3v) is 3.35. The summed E-state index contributed by atoms with van der Waals surface area (Å²) in [7, 11) is 0. The third kappa shape index (κ3) is 0.959. The minimum atomic E-state index is 0.000000000000000444. The van der Waals surface area contributed by atoms with Crippen molar-refractivity contribution in [3.63, 3.8) is 0 Å². The summed E-state index contributed by atoms with van der Waals surface area (Å²) >= 11 is 0. The average molecular weight is 154 g/mol. The van der Waals surface area contributed by atoms with Gasteiger partial charge in [-0.3, -0.25) is 4.79 Å². The fraction of sp³-hybridized carbons (Fsp3) is 0.889. The van der Waals surface area contributed by atoms with E-state index in [-0.39, 0.29) is 5.60 Å². The molecule has 2 rings (SSSR count). The van der Waals surface area contributed by atoms with Crippen molar-refractivity contribution in [1.29, 1.82) is 0 Å². The van der Waals surface area contributed by atoms with Gasteiger partial charge in [0, 0.05) is 0 Å². The topological polar surface area (TPSA) is 26.3 Å². The van der Waals surface area contributed by atoms with E-state index in [1.165, 1.54) is 25.7 Å². The molecule has 2 aliphatic rings. The number of ether oxygens (including phenoxy) is 1. The van der Waals surface area contributed by atoms with Crippen LogP contribution in [0, 0.1) is 5.92 Å². The van der Waals surface area contributed by atoms with E-state index in [0.717, 1.165) is 12.8 Å². The highest BCUT2D eigenvalue weighted by atomic mass is 16.5. The maximum absolute atomic E-state index is 10.2. The Labute approximate surface area is 66.9 Å². The maximum atomic E-state index is 10.2. The van der Waals surface area contributed by atoms with Gasteiger partial charge in [0.2, 0.25) is 0 Å². The lowest BCUT2D eigenvalue weighted by Gasteiger charge is -2.50. The zero-order valence-corrected chi connectivity index (χ0v) is 6.71. The first-order valence-electron chi connectivity index (χ1n) is 4.49. The highest BCUT2D eigenvalue weighted by molar-refractivity contribution is 5.39. The van der Waals surface area contributed by atoms with Crippen LogP contribution in [0.4, 0.5) is 0 Å². The van der Waals surface area contributed by atoms with E-state index < -0.39 is 0 Å². The molecule has 0 aliphatic heterocycles. The lowest BCUT2D eigenvalue weighted by atomic mass is 9.62. The Balaban J connectivity index is 2.03. The average Bonchev–Trinajstić information content (AvgIpc) is 1.98. The molecule has 2 nitrogen and oxygen atoms in total. The molecule has 0 bridgehead atoms. The molecule has 2 heteroatoms. The van der Waals surface area contributed by atoms with E-state index in [1.807, 2.05) is 0 Å². The van der Waals surface area contributed by atoms with Gasteiger partial charge in [-0.1, -0.05) is 6.42 Å². The van der Waals surface area contributed by atoms with Crippen LogP contribution in [0.5, 0.6) is 0 Å². The van der Waals surface area contributed by atoms with Crippen molar-refractivity contribution in [2.75, 3.05) is 0 Å². The van der Waals surface area contributed by atoms with Gasteiger partial charge in [0.15, 0.2) is 0 Å². The zero-order valence-electron chi connectivity index (χ0n) is 6.71. The second kappa shape index (κ2) is 2.50. The first-order valence-corrected chi connectivity index (χ1v) is 4.49. The van der Waals surface area contributed by atoms with E-state index in [9.17, 15) is 4.79 Å². The molecule has 0 radical (unpaired) electrons. The second-order valence-corrected chi connectivity index (χ2v) is 3.76. The number of rotatable bonds is 2. The Morgan fingerprint density at radius 2 is 2.18 bits per heavy atom. The van der Waals surface area contributed by atoms with Crippen LogP contribution < -0.4 is 0 Å². The molecule has 0 N–H and O–H groups in total. The summed E-state index contributed by atoms with van der Waals surface area (Å²) < 4.78 is 5.19. The Hall–Kier alpha value is -0.530. The molecular weight excluding hydrogens is 140 g/mol. The standard InChI is InChI=1S/C9H14O2/c10-7-11-9-5-2-1-3-8(9)4-6-9/h7-8H,1-6H2. The molecule has 0 heterocycles. The Bertz CT molecular complexity index is 167.